The zero-order chi connectivity index (χ0) is 20.9. The Labute approximate surface area is 171 Å². The number of nitrogens with zero attached hydrogens (tertiary/aromatic N) is 4. The monoisotopic (exact) mass is 396 g/mol. The van der Waals surface area contributed by atoms with E-state index in [0.29, 0.717) is 13.1 Å². The van der Waals surface area contributed by atoms with Crippen LogP contribution >= 0.6 is 0 Å². The molecule has 3 heterocycles. The first kappa shape index (κ1) is 20.8. The van der Waals surface area contributed by atoms with Crippen molar-refractivity contribution >= 4 is 18.2 Å². The molecule has 0 spiro atoms. The average molecular weight is 396 g/mol. The second-order valence-corrected chi connectivity index (χ2v) is 8.26. The highest BCUT2D eigenvalue weighted by molar-refractivity contribution is 5.76. The van der Waals surface area contributed by atoms with Gasteiger partial charge in [-0.1, -0.05) is 6.07 Å². The van der Waals surface area contributed by atoms with Crippen LogP contribution in [0.2, 0.25) is 0 Å². The van der Waals surface area contributed by atoms with Crippen molar-refractivity contribution in [2.75, 3.05) is 18.0 Å². The first-order valence-electron chi connectivity index (χ1n) is 9.90. The van der Waals surface area contributed by atoms with E-state index >= 15 is 0 Å². The maximum absolute atomic E-state index is 12.4. The Morgan fingerprint density at radius 3 is 2.34 bits per heavy atom. The SMILES string of the molecule is CC(C)(C)OC(=O)N1CCC(C(c2cccnc2)N(C=O)c2cccnc2)CC1. The molecule has 1 fully saturated rings. The summed E-state index contributed by atoms with van der Waals surface area (Å²) in [6.45, 7) is 6.79. The fourth-order valence-electron chi connectivity index (χ4n) is 3.73. The maximum Gasteiger partial charge on any atom is 0.410 e. The predicted molar refractivity (Wildman–Crippen MR) is 110 cm³/mol. The second-order valence-electron chi connectivity index (χ2n) is 8.26. The van der Waals surface area contributed by atoms with Crippen molar-refractivity contribution in [3.05, 3.63) is 54.6 Å². The molecule has 1 unspecified atom stereocenters. The number of piperidine rings is 1. The van der Waals surface area contributed by atoms with Crippen molar-refractivity contribution < 1.29 is 14.3 Å². The Kier molecular flexibility index (Phi) is 6.46. The second kappa shape index (κ2) is 9.03. The summed E-state index contributed by atoms with van der Waals surface area (Å²) in [4.78, 5) is 36.4. The van der Waals surface area contributed by atoms with Crippen molar-refractivity contribution in [1.82, 2.24) is 14.9 Å². The van der Waals surface area contributed by atoms with Crippen LogP contribution in [0.1, 0.15) is 45.2 Å². The Balaban J connectivity index is 1.80. The molecule has 0 bridgehead atoms. The molecular formula is C22H28N4O3. The van der Waals surface area contributed by atoms with Gasteiger partial charge in [-0.05, 0) is 63.3 Å². The number of likely N-dealkylation sites (tertiary alicyclic amines) is 1. The molecule has 0 aliphatic carbocycles. The minimum absolute atomic E-state index is 0.175. The molecular weight excluding hydrogens is 368 g/mol. The third-order valence-electron chi connectivity index (χ3n) is 5.02. The minimum atomic E-state index is -0.513. The van der Waals surface area contributed by atoms with Gasteiger partial charge in [0.05, 0.1) is 17.9 Å². The number of hydrogen-bond donors (Lipinski definition) is 0. The van der Waals surface area contributed by atoms with Crippen LogP contribution in [0.5, 0.6) is 0 Å². The summed E-state index contributed by atoms with van der Waals surface area (Å²) in [6, 6.07) is 7.39. The molecule has 2 amide bonds. The van der Waals surface area contributed by atoms with Gasteiger partial charge in [0.1, 0.15) is 5.60 Å². The van der Waals surface area contributed by atoms with E-state index in [0.717, 1.165) is 30.5 Å². The molecule has 1 aliphatic heterocycles. The summed E-state index contributed by atoms with van der Waals surface area (Å²) in [5.41, 5.74) is 1.20. The van der Waals surface area contributed by atoms with Crippen LogP contribution in [-0.2, 0) is 9.53 Å². The van der Waals surface area contributed by atoms with Crippen LogP contribution in [-0.4, -0.2) is 46.1 Å². The normalized spacial score (nSPS) is 16.2. The molecule has 3 rings (SSSR count). The van der Waals surface area contributed by atoms with Gasteiger partial charge in [-0.2, -0.15) is 0 Å². The number of ether oxygens (including phenoxy) is 1. The van der Waals surface area contributed by atoms with E-state index in [1.54, 1.807) is 34.6 Å². The van der Waals surface area contributed by atoms with E-state index in [1.807, 2.05) is 45.0 Å². The van der Waals surface area contributed by atoms with Crippen LogP contribution in [0.25, 0.3) is 0 Å². The smallest absolute Gasteiger partial charge is 0.410 e. The Bertz CT molecular complexity index is 800. The highest BCUT2D eigenvalue weighted by Crippen LogP contribution is 2.37. The lowest BCUT2D eigenvalue weighted by Crippen LogP contribution is -2.44. The molecule has 1 aliphatic rings. The summed E-state index contributed by atoms with van der Waals surface area (Å²) in [5.74, 6) is 0.184. The zero-order valence-corrected chi connectivity index (χ0v) is 17.2. The topological polar surface area (TPSA) is 75.6 Å². The van der Waals surface area contributed by atoms with E-state index in [4.69, 9.17) is 4.74 Å². The molecule has 7 heteroatoms. The van der Waals surface area contributed by atoms with E-state index in [9.17, 15) is 9.59 Å². The summed E-state index contributed by atoms with van der Waals surface area (Å²) < 4.78 is 5.50. The van der Waals surface area contributed by atoms with Gasteiger partial charge in [0.25, 0.3) is 0 Å². The molecule has 29 heavy (non-hydrogen) atoms. The van der Waals surface area contributed by atoms with E-state index in [2.05, 4.69) is 9.97 Å². The first-order valence-corrected chi connectivity index (χ1v) is 9.90. The van der Waals surface area contributed by atoms with Crippen molar-refractivity contribution in [2.45, 2.75) is 45.3 Å². The molecule has 1 atom stereocenters. The van der Waals surface area contributed by atoms with Crippen LogP contribution in [0.3, 0.4) is 0 Å². The van der Waals surface area contributed by atoms with Gasteiger partial charge in [-0.15, -0.1) is 0 Å². The zero-order valence-electron chi connectivity index (χ0n) is 17.2. The van der Waals surface area contributed by atoms with Crippen molar-refractivity contribution in [1.29, 1.82) is 0 Å². The Hall–Kier alpha value is -2.96. The quantitative estimate of drug-likeness (QED) is 0.718. The molecule has 2 aromatic heterocycles. The third-order valence-corrected chi connectivity index (χ3v) is 5.02. The van der Waals surface area contributed by atoms with Crippen LogP contribution in [0.4, 0.5) is 10.5 Å². The fraction of sp³-hybridized carbons (Fsp3) is 0.455. The first-order chi connectivity index (χ1) is 13.9. The number of anilines is 1. The van der Waals surface area contributed by atoms with Gasteiger partial charge in [0, 0.05) is 31.7 Å². The summed E-state index contributed by atoms with van der Waals surface area (Å²) in [7, 11) is 0. The fourth-order valence-corrected chi connectivity index (χ4v) is 3.73. The predicted octanol–water partition coefficient (Wildman–Crippen LogP) is 3.83. The molecule has 154 valence electrons. The number of amides is 2. The number of pyridine rings is 2. The molecule has 2 aromatic rings. The molecule has 0 radical (unpaired) electrons. The largest absolute Gasteiger partial charge is 0.444 e. The summed E-state index contributed by atoms with van der Waals surface area (Å²) >= 11 is 0. The average Bonchev–Trinajstić information content (AvgIpc) is 2.72. The van der Waals surface area contributed by atoms with E-state index in [1.165, 1.54) is 0 Å². The lowest BCUT2D eigenvalue weighted by atomic mass is 9.85. The Morgan fingerprint density at radius 2 is 1.83 bits per heavy atom. The van der Waals surface area contributed by atoms with Gasteiger partial charge >= 0.3 is 6.09 Å². The highest BCUT2D eigenvalue weighted by atomic mass is 16.6. The van der Waals surface area contributed by atoms with Gasteiger partial charge in [-0.3, -0.25) is 14.8 Å². The third kappa shape index (κ3) is 5.31. The van der Waals surface area contributed by atoms with E-state index in [-0.39, 0.29) is 18.1 Å². The van der Waals surface area contributed by atoms with Gasteiger partial charge in [0.15, 0.2) is 0 Å². The summed E-state index contributed by atoms with van der Waals surface area (Å²) in [6.07, 6.45) is 9.01. The van der Waals surface area contributed by atoms with Gasteiger partial charge in [-0.25, -0.2) is 4.79 Å². The highest BCUT2D eigenvalue weighted by Gasteiger charge is 2.34. The number of carbonyl (C=O) groups is 2. The van der Waals surface area contributed by atoms with Gasteiger partial charge < -0.3 is 14.5 Å². The molecule has 1 saturated heterocycles. The maximum atomic E-state index is 12.4. The molecule has 7 nitrogen and oxygen atoms in total. The van der Waals surface area contributed by atoms with Gasteiger partial charge in [0.2, 0.25) is 6.41 Å². The van der Waals surface area contributed by atoms with E-state index < -0.39 is 5.60 Å². The molecule has 0 aromatic carbocycles. The molecule has 0 saturated carbocycles. The lowest BCUT2D eigenvalue weighted by Gasteiger charge is -2.40. The van der Waals surface area contributed by atoms with Crippen LogP contribution in [0.15, 0.2) is 49.1 Å². The number of hydrogen-bond acceptors (Lipinski definition) is 5. The number of carbonyl (C=O) groups excluding carboxylic acids is 2. The van der Waals surface area contributed by atoms with Crippen molar-refractivity contribution in [3.8, 4) is 0 Å². The van der Waals surface area contributed by atoms with Crippen LogP contribution in [0, 0.1) is 5.92 Å². The number of rotatable bonds is 5. The minimum Gasteiger partial charge on any atom is -0.444 e. The summed E-state index contributed by atoms with van der Waals surface area (Å²) in [5, 5.41) is 0. The lowest BCUT2D eigenvalue weighted by molar-refractivity contribution is -0.108. The van der Waals surface area contributed by atoms with Crippen molar-refractivity contribution in [2.24, 2.45) is 5.92 Å². The molecule has 0 N–H and O–H groups in total. The standard InChI is InChI=1S/C22H28N4O3/c1-22(2,3)29-21(28)25-12-8-17(9-13-25)20(18-6-4-10-23-14-18)26(16-27)19-7-5-11-24-15-19/h4-7,10-11,14-17,20H,8-9,12-13H2,1-3H3. The van der Waals surface area contributed by atoms with Crippen LogP contribution < -0.4 is 4.90 Å². The number of aromatic nitrogens is 2. The van der Waals surface area contributed by atoms with Crippen molar-refractivity contribution in [3.63, 3.8) is 0 Å². The Morgan fingerprint density at radius 1 is 1.17 bits per heavy atom.